The van der Waals surface area contributed by atoms with Gasteiger partial charge in [-0.3, -0.25) is 0 Å². The summed E-state index contributed by atoms with van der Waals surface area (Å²) in [7, 11) is 4.37. The van der Waals surface area contributed by atoms with Gasteiger partial charge in [-0.15, -0.1) is 0 Å². The molecule has 4 nitrogen and oxygen atoms in total. The molecule has 1 aliphatic heterocycles. The molecule has 1 fully saturated rings. The van der Waals surface area contributed by atoms with Crippen molar-refractivity contribution in [2.75, 3.05) is 46.9 Å². The molecule has 1 saturated heterocycles. The van der Waals surface area contributed by atoms with Gasteiger partial charge in [-0.05, 0) is 47.0 Å². The third-order valence-corrected chi connectivity index (χ3v) is 3.77. The number of aliphatic hydroxyl groups excluding tert-OH is 1. The Hall–Kier alpha value is -0.160. The molecule has 1 aliphatic rings. The third kappa shape index (κ3) is 4.54. The van der Waals surface area contributed by atoms with Crippen LogP contribution < -0.4 is 5.32 Å². The summed E-state index contributed by atoms with van der Waals surface area (Å²) in [6.45, 7) is 8.53. The molecular formula is C13H29N3O. The molecular weight excluding hydrogens is 214 g/mol. The van der Waals surface area contributed by atoms with Crippen LogP contribution in [0, 0.1) is 0 Å². The molecule has 0 saturated carbocycles. The molecule has 1 rings (SSSR count). The van der Waals surface area contributed by atoms with Gasteiger partial charge in [0.2, 0.25) is 0 Å². The first-order valence-corrected chi connectivity index (χ1v) is 6.75. The summed E-state index contributed by atoms with van der Waals surface area (Å²) in [4.78, 5) is 4.79. The first-order chi connectivity index (χ1) is 8.00. The molecule has 2 unspecified atom stereocenters. The summed E-state index contributed by atoms with van der Waals surface area (Å²) in [6, 6.07) is 0.623. The second-order valence-electron chi connectivity index (χ2n) is 5.72. The highest BCUT2D eigenvalue weighted by Gasteiger charge is 2.28. The van der Waals surface area contributed by atoms with E-state index in [1.807, 2.05) is 0 Å². The zero-order valence-corrected chi connectivity index (χ0v) is 11.9. The topological polar surface area (TPSA) is 38.7 Å². The Balaban J connectivity index is 2.48. The van der Waals surface area contributed by atoms with E-state index in [-0.39, 0.29) is 12.1 Å². The molecule has 1 heterocycles. The minimum absolute atomic E-state index is 0.181. The lowest BCUT2D eigenvalue weighted by molar-refractivity contribution is 0.0811. The number of piperidine rings is 1. The Bertz CT molecular complexity index is 225. The molecule has 0 amide bonds. The van der Waals surface area contributed by atoms with Crippen LogP contribution in [-0.2, 0) is 0 Å². The lowest BCUT2D eigenvalue weighted by atomic mass is 9.99. The molecule has 4 heteroatoms. The van der Waals surface area contributed by atoms with E-state index in [2.05, 4.69) is 43.1 Å². The zero-order chi connectivity index (χ0) is 12.9. The highest BCUT2D eigenvalue weighted by molar-refractivity contribution is 4.88. The standard InChI is InChI=1S/C13H29N3O/c1-5-14-13(2,11-17)10-16(4)12-7-6-8-15(3)9-12/h12,14,17H,5-11H2,1-4H3. The maximum absolute atomic E-state index is 9.52. The summed E-state index contributed by atoms with van der Waals surface area (Å²) in [6.07, 6.45) is 2.55. The van der Waals surface area contributed by atoms with Gasteiger partial charge >= 0.3 is 0 Å². The van der Waals surface area contributed by atoms with Crippen molar-refractivity contribution in [3.8, 4) is 0 Å². The zero-order valence-electron chi connectivity index (χ0n) is 11.9. The Kier molecular flexibility index (Phi) is 5.86. The van der Waals surface area contributed by atoms with Crippen molar-refractivity contribution >= 4 is 0 Å². The van der Waals surface area contributed by atoms with Crippen molar-refractivity contribution in [2.24, 2.45) is 0 Å². The molecule has 17 heavy (non-hydrogen) atoms. The predicted octanol–water partition coefficient (Wildman–Crippen LogP) is 0.373. The summed E-state index contributed by atoms with van der Waals surface area (Å²) >= 11 is 0. The van der Waals surface area contributed by atoms with Crippen molar-refractivity contribution in [1.82, 2.24) is 15.1 Å². The van der Waals surface area contributed by atoms with E-state index >= 15 is 0 Å². The fourth-order valence-corrected chi connectivity index (χ4v) is 2.77. The van der Waals surface area contributed by atoms with Crippen LogP contribution in [0.3, 0.4) is 0 Å². The Morgan fingerprint density at radius 2 is 2.24 bits per heavy atom. The lowest BCUT2D eigenvalue weighted by Crippen LogP contribution is -2.57. The molecule has 0 aromatic rings. The Morgan fingerprint density at radius 3 is 2.76 bits per heavy atom. The van der Waals surface area contributed by atoms with Crippen LogP contribution in [0.15, 0.2) is 0 Å². The van der Waals surface area contributed by atoms with E-state index in [4.69, 9.17) is 0 Å². The average Bonchev–Trinajstić information content (AvgIpc) is 2.29. The number of hydrogen-bond acceptors (Lipinski definition) is 4. The van der Waals surface area contributed by atoms with Gasteiger partial charge in [-0.25, -0.2) is 0 Å². The second-order valence-corrected chi connectivity index (χ2v) is 5.72. The smallest absolute Gasteiger partial charge is 0.0623 e. The van der Waals surface area contributed by atoms with Gasteiger partial charge < -0.3 is 20.2 Å². The van der Waals surface area contributed by atoms with Gasteiger partial charge in [0.05, 0.1) is 12.1 Å². The van der Waals surface area contributed by atoms with Crippen molar-refractivity contribution in [1.29, 1.82) is 0 Å². The van der Waals surface area contributed by atoms with Crippen LogP contribution >= 0.6 is 0 Å². The van der Waals surface area contributed by atoms with Gasteiger partial charge in [0.1, 0.15) is 0 Å². The molecule has 0 bridgehead atoms. The monoisotopic (exact) mass is 243 g/mol. The number of nitrogens with one attached hydrogen (secondary N) is 1. The van der Waals surface area contributed by atoms with E-state index in [0.717, 1.165) is 19.6 Å². The fraction of sp³-hybridized carbons (Fsp3) is 1.00. The number of likely N-dealkylation sites (N-methyl/N-ethyl adjacent to an activating group) is 3. The normalized spacial score (nSPS) is 26.1. The Labute approximate surface area is 106 Å². The van der Waals surface area contributed by atoms with Gasteiger partial charge in [0.15, 0.2) is 0 Å². The number of rotatable bonds is 6. The van der Waals surface area contributed by atoms with E-state index < -0.39 is 0 Å². The second kappa shape index (κ2) is 6.69. The quantitative estimate of drug-likeness (QED) is 0.707. The first-order valence-electron chi connectivity index (χ1n) is 6.75. The van der Waals surface area contributed by atoms with Crippen LogP contribution in [0.1, 0.15) is 26.7 Å². The number of aliphatic hydroxyl groups is 1. The number of likely N-dealkylation sites (tertiary alicyclic amines) is 1. The molecule has 0 radical (unpaired) electrons. The van der Waals surface area contributed by atoms with Gasteiger partial charge in [-0.1, -0.05) is 6.92 Å². The molecule has 2 N–H and O–H groups in total. The minimum Gasteiger partial charge on any atom is -0.394 e. The predicted molar refractivity (Wildman–Crippen MR) is 72.3 cm³/mol. The number of hydrogen-bond donors (Lipinski definition) is 2. The summed E-state index contributed by atoms with van der Waals surface area (Å²) < 4.78 is 0. The van der Waals surface area contributed by atoms with E-state index in [9.17, 15) is 5.11 Å². The van der Waals surface area contributed by atoms with Crippen LogP contribution in [-0.4, -0.2) is 73.4 Å². The van der Waals surface area contributed by atoms with Crippen LogP contribution in [0.4, 0.5) is 0 Å². The minimum atomic E-state index is -0.181. The molecule has 0 spiro atoms. The van der Waals surface area contributed by atoms with Crippen molar-refractivity contribution in [2.45, 2.75) is 38.3 Å². The van der Waals surface area contributed by atoms with Crippen molar-refractivity contribution in [3.63, 3.8) is 0 Å². The molecule has 0 aromatic heterocycles. The lowest BCUT2D eigenvalue weighted by Gasteiger charge is -2.40. The summed E-state index contributed by atoms with van der Waals surface area (Å²) in [5, 5.41) is 12.9. The summed E-state index contributed by atoms with van der Waals surface area (Å²) in [5.41, 5.74) is -0.181. The van der Waals surface area contributed by atoms with Gasteiger partial charge in [-0.2, -0.15) is 0 Å². The summed E-state index contributed by atoms with van der Waals surface area (Å²) in [5.74, 6) is 0. The van der Waals surface area contributed by atoms with Gasteiger partial charge in [0.25, 0.3) is 0 Å². The molecule has 0 aromatic carbocycles. The highest BCUT2D eigenvalue weighted by Crippen LogP contribution is 2.16. The van der Waals surface area contributed by atoms with Crippen molar-refractivity contribution in [3.05, 3.63) is 0 Å². The van der Waals surface area contributed by atoms with E-state index in [1.165, 1.54) is 19.4 Å². The highest BCUT2D eigenvalue weighted by atomic mass is 16.3. The maximum Gasteiger partial charge on any atom is 0.0623 e. The van der Waals surface area contributed by atoms with E-state index in [0.29, 0.717) is 6.04 Å². The van der Waals surface area contributed by atoms with E-state index in [1.54, 1.807) is 0 Å². The SMILES string of the molecule is CCNC(C)(CO)CN(C)C1CCCN(C)C1. The van der Waals surface area contributed by atoms with Crippen LogP contribution in [0.2, 0.25) is 0 Å². The Morgan fingerprint density at radius 1 is 1.53 bits per heavy atom. The number of nitrogens with zero attached hydrogens (tertiary/aromatic N) is 2. The average molecular weight is 243 g/mol. The van der Waals surface area contributed by atoms with Gasteiger partial charge in [0, 0.05) is 19.1 Å². The first kappa shape index (κ1) is 14.9. The van der Waals surface area contributed by atoms with Crippen molar-refractivity contribution < 1.29 is 5.11 Å². The van der Waals surface area contributed by atoms with Crippen LogP contribution in [0.5, 0.6) is 0 Å². The maximum atomic E-state index is 9.52. The molecule has 0 aliphatic carbocycles. The molecule has 2 atom stereocenters. The molecule has 102 valence electrons. The largest absolute Gasteiger partial charge is 0.394 e. The third-order valence-electron chi connectivity index (χ3n) is 3.77. The fourth-order valence-electron chi connectivity index (χ4n) is 2.77. The van der Waals surface area contributed by atoms with Crippen LogP contribution in [0.25, 0.3) is 0 Å².